The van der Waals surface area contributed by atoms with Gasteiger partial charge in [-0.1, -0.05) is 18.2 Å². The summed E-state index contributed by atoms with van der Waals surface area (Å²) in [7, 11) is 0. The molecule has 0 amide bonds. The number of hydrogen-bond donors (Lipinski definition) is 3. The van der Waals surface area contributed by atoms with E-state index in [0.717, 1.165) is 38.8 Å². The van der Waals surface area contributed by atoms with Crippen molar-refractivity contribution in [3.8, 4) is 11.3 Å². The molecule has 0 aliphatic carbocycles. The zero-order chi connectivity index (χ0) is 18.2. The molecule has 7 nitrogen and oxygen atoms in total. The molecule has 5 aromatic rings. The Morgan fingerprint density at radius 3 is 2.81 bits per heavy atom. The van der Waals surface area contributed by atoms with Crippen LogP contribution in [0.4, 0.5) is 17.5 Å². The first kappa shape index (κ1) is 15.3. The fraction of sp³-hybridized carbons (Fsp3) is 0. The lowest BCUT2D eigenvalue weighted by Gasteiger charge is -2.06. The van der Waals surface area contributed by atoms with Crippen molar-refractivity contribution in [3.63, 3.8) is 0 Å². The minimum atomic E-state index is 0.229. The monoisotopic (exact) mass is 353 g/mol. The minimum absolute atomic E-state index is 0.229. The molecule has 0 radical (unpaired) electrons. The Balaban J connectivity index is 1.58. The normalized spacial score (nSPS) is 11.1. The zero-order valence-electron chi connectivity index (χ0n) is 14.2. The highest BCUT2D eigenvalue weighted by molar-refractivity contribution is 5.96. The van der Waals surface area contributed by atoms with Gasteiger partial charge in [-0.05, 0) is 36.4 Å². The molecule has 3 aromatic heterocycles. The summed E-state index contributed by atoms with van der Waals surface area (Å²) in [4.78, 5) is 12.6. The molecule has 0 aliphatic heterocycles. The predicted molar refractivity (Wildman–Crippen MR) is 107 cm³/mol. The molecule has 7 heteroatoms. The first-order valence-electron chi connectivity index (χ1n) is 8.45. The summed E-state index contributed by atoms with van der Waals surface area (Å²) in [6.45, 7) is 0. The molecule has 5 rings (SSSR count). The molecular formula is C20H15N7. The summed E-state index contributed by atoms with van der Waals surface area (Å²) in [5.74, 6) is 0.867. The highest BCUT2D eigenvalue weighted by Gasteiger charge is 2.10. The number of aromatic nitrogens is 5. The van der Waals surface area contributed by atoms with Crippen LogP contribution < -0.4 is 11.1 Å². The van der Waals surface area contributed by atoms with Crippen LogP contribution in [0.25, 0.3) is 33.1 Å². The number of anilines is 3. The second-order valence-electron chi connectivity index (χ2n) is 6.17. The fourth-order valence-corrected chi connectivity index (χ4v) is 3.10. The fourth-order valence-electron chi connectivity index (χ4n) is 3.10. The maximum atomic E-state index is 5.65. The Labute approximate surface area is 154 Å². The summed E-state index contributed by atoms with van der Waals surface area (Å²) >= 11 is 0. The number of nitrogens with one attached hydrogen (secondary N) is 2. The number of hydrogen-bond acceptors (Lipinski definition) is 6. The Hall–Kier alpha value is -4.00. The Kier molecular flexibility index (Phi) is 3.43. The smallest absolute Gasteiger partial charge is 0.221 e. The number of nitrogens with two attached hydrogens (primary N) is 1. The third-order valence-electron chi connectivity index (χ3n) is 4.37. The van der Waals surface area contributed by atoms with E-state index in [4.69, 9.17) is 5.73 Å². The maximum absolute atomic E-state index is 5.65. The van der Waals surface area contributed by atoms with Crippen molar-refractivity contribution < 1.29 is 0 Å². The van der Waals surface area contributed by atoms with Gasteiger partial charge in [0.15, 0.2) is 0 Å². The van der Waals surface area contributed by atoms with Gasteiger partial charge in [-0.2, -0.15) is 10.1 Å². The Morgan fingerprint density at radius 2 is 1.89 bits per heavy atom. The Morgan fingerprint density at radius 1 is 0.963 bits per heavy atom. The van der Waals surface area contributed by atoms with Crippen LogP contribution in [-0.2, 0) is 0 Å². The van der Waals surface area contributed by atoms with Crippen molar-refractivity contribution in [1.29, 1.82) is 0 Å². The average molecular weight is 353 g/mol. The van der Waals surface area contributed by atoms with Gasteiger partial charge in [-0.15, -0.1) is 0 Å². The number of para-hydroxylation sites is 1. The van der Waals surface area contributed by atoms with Crippen molar-refractivity contribution in [2.24, 2.45) is 0 Å². The largest absolute Gasteiger partial charge is 0.368 e. The van der Waals surface area contributed by atoms with Crippen LogP contribution in [0.15, 0.2) is 67.0 Å². The van der Waals surface area contributed by atoms with Gasteiger partial charge in [-0.25, -0.2) is 4.98 Å². The van der Waals surface area contributed by atoms with Crippen LogP contribution in [0.1, 0.15) is 0 Å². The van der Waals surface area contributed by atoms with Crippen molar-refractivity contribution in [1.82, 2.24) is 25.1 Å². The van der Waals surface area contributed by atoms with Crippen molar-refractivity contribution >= 4 is 39.3 Å². The molecule has 0 bridgehead atoms. The molecule has 3 heterocycles. The molecule has 0 fully saturated rings. The summed E-state index contributed by atoms with van der Waals surface area (Å²) in [5.41, 5.74) is 10.3. The van der Waals surface area contributed by atoms with Gasteiger partial charge in [0.25, 0.3) is 0 Å². The molecular weight excluding hydrogens is 338 g/mol. The van der Waals surface area contributed by atoms with Crippen molar-refractivity contribution in [2.75, 3.05) is 11.1 Å². The molecule has 0 saturated heterocycles. The van der Waals surface area contributed by atoms with E-state index in [1.165, 1.54) is 0 Å². The van der Waals surface area contributed by atoms with Crippen molar-refractivity contribution in [3.05, 3.63) is 67.0 Å². The second kappa shape index (κ2) is 6.06. The number of nitrogen functional groups attached to an aromatic ring is 1. The topological polar surface area (TPSA) is 105 Å². The number of pyridine rings is 1. The Bertz CT molecular complexity index is 1280. The number of fused-ring (bicyclic) bond motifs is 2. The average Bonchev–Trinajstić information content (AvgIpc) is 3.11. The lowest BCUT2D eigenvalue weighted by Crippen LogP contribution is -1.98. The third-order valence-corrected chi connectivity index (χ3v) is 4.37. The van der Waals surface area contributed by atoms with Crippen LogP contribution in [0.5, 0.6) is 0 Å². The van der Waals surface area contributed by atoms with Gasteiger partial charge in [0.05, 0.1) is 11.0 Å². The molecule has 0 unspecified atom stereocenters. The quantitative estimate of drug-likeness (QED) is 0.454. The highest BCUT2D eigenvalue weighted by Crippen LogP contribution is 2.30. The lowest BCUT2D eigenvalue weighted by atomic mass is 10.1. The van der Waals surface area contributed by atoms with E-state index in [1.54, 1.807) is 12.3 Å². The van der Waals surface area contributed by atoms with Crippen molar-refractivity contribution in [2.45, 2.75) is 0 Å². The van der Waals surface area contributed by atoms with Gasteiger partial charge in [0, 0.05) is 34.4 Å². The molecule has 0 aliphatic rings. The van der Waals surface area contributed by atoms with Crippen LogP contribution in [-0.4, -0.2) is 25.1 Å². The lowest BCUT2D eigenvalue weighted by molar-refractivity contribution is 1.12. The first-order valence-corrected chi connectivity index (χ1v) is 8.45. The predicted octanol–water partition coefficient (Wildman–Crippen LogP) is 3.89. The molecule has 0 atom stereocenters. The SMILES string of the molecule is Nc1nccc(Nc2ccc3[nH]nc(-c4cnc5ccccc5c4)c3c2)n1. The summed E-state index contributed by atoms with van der Waals surface area (Å²) in [5, 5.41) is 12.9. The van der Waals surface area contributed by atoms with E-state index in [-0.39, 0.29) is 5.95 Å². The zero-order valence-corrected chi connectivity index (χ0v) is 14.2. The van der Waals surface area contributed by atoms with Crippen LogP contribution in [0.3, 0.4) is 0 Å². The van der Waals surface area contributed by atoms with E-state index >= 15 is 0 Å². The van der Waals surface area contributed by atoms with Gasteiger partial charge in [0.1, 0.15) is 11.5 Å². The van der Waals surface area contributed by atoms with E-state index in [0.29, 0.717) is 5.82 Å². The molecule has 4 N–H and O–H groups in total. The van der Waals surface area contributed by atoms with Crippen LogP contribution in [0.2, 0.25) is 0 Å². The molecule has 0 saturated carbocycles. The third kappa shape index (κ3) is 2.81. The van der Waals surface area contributed by atoms with E-state index < -0.39 is 0 Å². The molecule has 0 spiro atoms. The summed E-state index contributed by atoms with van der Waals surface area (Å²) in [6.07, 6.45) is 3.47. The second-order valence-corrected chi connectivity index (χ2v) is 6.17. The molecule has 130 valence electrons. The number of benzene rings is 2. The van der Waals surface area contributed by atoms with Gasteiger partial charge >= 0.3 is 0 Å². The summed E-state index contributed by atoms with van der Waals surface area (Å²) in [6, 6.07) is 17.9. The van der Waals surface area contributed by atoms with E-state index in [9.17, 15) is 0 Å². The first-order chi connectivity index (χ1) is 13.3. The van der Waals surface area contributed by atoms with Gasteiger partial charge in [-0.3, -0.25) is 10.1 Å². The molecule has 2 aromatic carbocycles. The summed E-state index contributed by atoms with van der Waals surface area (Å²) < 4.78 is 0. The van der Waals surface area contributed by atoms with Gasteiger partial charge < -0.3 is 11.1 Å². The number of nitrogens with zero attached hydrogens (tertiary/aromatic N) is 4. The number of H-pyrrole nitrogens is 1. The van der Waals surface area contributed by atoms with Gasteiger partial charge in [0.2, 0.25) is 5.95 Å². The van der Waals surface area contributed by atoms with E-state index in [1.807, 2.05) is 48.7 Å². The van der Waals surface area contributed by atoms with E-state index in [2.05, 4.69) is 36.5 Å². The van der Waals surface area contributed by atoms with Crippen LogP contribution >= 0.6 is 0 Å². The standard InChI is InChI=1S/C20H15N7/c21-20-22-8-7-18(25-20)24-14-5-6-17-15(10-14)19(27-26-17)13-9-12-3-1-2-4-16(12)23-11-13/h1-11H,(H,26,27)(H3,21,22,24,25). The highest BCUT2D eigenvalue weighted by atomic mass is 15.1. The number of aromatic amines is 1. The molecule has 27 heavy (non-hydrogen) atoms. The van der Waals surface area contributed by atoms with Crippen LogP contribution in [0, 0.1) is 0 Å². The minimum Gasteiger partial charge on any atom is -0.368 e. The maximum Gasteiger partial charge on any atom is 0.221 e. The number of rotatable bonds is 3.